The Balaban J connectivity index is 2.30. The Morgan fingerprint density at radius 3 is 2.39 bits per heavy atom. The van der Waals surface area contributed by atoms with E-state index >= 15 is 0 Å². The van der Waals surface area contributed by atoms with E-state index in [4.69, 9.17) is 13.9 Å². The second-order valence-corrected chi connectivity index (χ2v) is 4.88. The van der Waals surface area contributed by atoms with Crippen LogP contribution in [0, 0.1) is 0 Å². The number of fused-ring (bicyclic) bond motifs is 1. The molecule has 0 amide bonds. The molecule has 6 nitrogen and oxygen atoms in total. The first kappa shape index (κ1) is 14.8. The van der Waals surface area contributed by atoms with Crippen molar-refractivity contribution in [2.75, 3.05) is 14.2 Å². The maximum atomic E-state index is 12.7. The van der Waals surface area contributed by atoms with Gasteiger partial charge in [-0.1, -0.05) is 0 Å². The van der Waals surface area contributed by atoms with Crippen molar-refractivity contribution in [2.24, 2.45) is 0 Å². The standard InChI is InChI=1S/C17H14O6/c1-21-14-5-9(18)3-4-10(14)12-8-23-15-7-13(19)16(22-2)6-11(15)17(12)20/h3-8,18-19H,1-2H3. The first-order valence-electron chi connectivity index (χ1n) is 6.75. The molecule has 0 spiro atoms. The summed E-state index contributed by atoms with van der Waals surface area (Å²) in [6, 6.07) is 7.19. The lowest BCUT2D eigenvalue weighted by molar-refractivity contribution is 0.373. The van der Waals surface area contributed by atoms with Crippen LogP contribution in [0.3, 0.4) is 0 Å². The Labute approximate surface area is 131 Å². The van der Waals surface area contributed by atoms with Crippen LogP contribution in [0.5, 0.6) is 23.0 Å². The SMILES string of the molecule is COc1cc2c(=O)c(-c3ccc(O)cc3OC)coc2cc1O. The van der Waals surface area contributed by atoms with Crippen LogP contribution in [0.4, 0.5) is 0 Å². The fraction of sp³-hybridized carbons (Fsp3) is 0.118. The molecule has 0 atom stereocenters. The van der Waals surface area contributed by atoms with Gasteiger partial charge in [0.25, 0.3) is 0 Å². The van der Waals surface area contributed by atoms with Crippen molar-refractivity contribution < 1.29 is 24.1 Å². The number of hydrogen-bond acceptors (Lipinski definition) is 6. The second-order valence-electron chi connectivity index (χ2n) is 4.88. The average molecular weight is 314 g/mol. The third-order valence-electron chi connectivity index (χ3n) is 3.55. The molecular weight excluding hydrogens is 300 g/mol. The van der Waals surface area contributed by atoms with E-state index in [0.717, 1.165) is 0 Å². The van der Waals surface area contributed by atoms with E-state index in [1.807, 2.05) is 0 Å². The van der Waals surface area contributed by atoms with Gasteiger partial charge in [-0.15, -0.1) is 0 Å². The van der Waals surface area contributed by atoms with Crippen LogP contribution in [0.1, 0.15) is 0 Å². The monoisotopic (exact) mass is 314 g/mol. The lowest BCUT2D eigenvalue weighted by atomic mass is 10.0. The van der Waals surface area contributed by atoms with Gasteiger partial charge in [-0.05, 0) is 18.2 Å². The minimum absolute atomic E-state index is 0.0300. The quantitative estimate of drug-likeness (QED) is 0.772. The van der Waals surface area contributed by atoms with E-state index in [0.29, 0.717) is 11.3 Å². The normalized spacial score (nSPS) is 10.7. The first-order valence-corrected chi connectivity index (χ1v) is 6.75. The lowest BCUT2D eigenvalue weighted by Crippen LogP contribution is -2.06. The zero-order valence-electron chi connectivity index (χ0n) is 12.5. The molecule has 0 aliphatic heterocycles. The lowest BCUT2D eigenvalue weighted by Gasteiger charge is -2.10. The van der Waals surface area contributed by atoms with Crippen molar-refractivity contribution in [3.05, 3.63) is 46.8 Å². The molecule has 0 radical (unpaired) electrons. The molecule has 6 heteroatoms. The zero-order chi connectivity index (χ0) is 16.6. The highest BCUT2D eigenvalue weighted by Gasteiger charge is 2.16. The molecule has 0 bridgehead atoms. The van der Waals surface area contributed by atoms with E-state index in [-0.39, 0.29) is 39.2 Å². The van der Waals surface area contributed by atoms with Gasteiger partial charge in [0.1, 0.15) is 23.3 Å². The van der Waals surface area contributed by atoms with Crippen molar-refractivity contribution in [3.63, 3.8) is 0 Å². The first-order chi connectivity index (χ1) is 11.0. The van der Waals surface area contributed by atoms with E-state index in [1.54, 1.807) is 6.07 Å². The van der Waals surface area contributed by atoms with Crippen LogP contribution >= 0.6 is 0 Å². The summed E-state index contributed by atoms with van der Waals surface area (Å²) in [6.45, 7) is 0. The zero-order valence-corrected chi connectivity index (χ0v) is 12.5. The topological polar surface area (TPSA) is 89.1 Å². The van der Waals surface area contributed by atoms with Gasteiger partial charge >= 0.3 is 0 Å². The Hall–Kier alpha value is -3.15. The summed E-state index contributed by atoms with van der Waals surface area (Å²) in [7, 11) is 2.84. The highest BCUT2D eigenvalue weighted by atomic mass is 16.5. The number of phenolic OH excluding ortho intramolecular Hbond substituents is 2. The van der Waals surface area contributed by atoms with E-state index in [2.05, 4.69) is 0 Å². The number of methoxy groups -OCH3 is 2. The van der Waals surface area contributed by atoms with Gasteiger partial charge in [0.15, 0.2) is 11.5 Å². The molecule has 3 aromatic rings. The third kappa shape index (κ3) is 2.44. The van der Waals surface area contributed by atoms with Gasteiger partial charge in [0.2, 0.25) is 5.43 Å². The number of aromatic hydroxyl groups is 2. The summed E-state index contributed by atoms with van der Waals surface area (Å²) in [4.78, 5) is 12.7. The molecule has 0 unspecified atom stereocenters. The Kier molecular flexibility index (Phi) is 3.57. The molecule has 0 fully saturated rings. The fourth-order valence-corrected chi connectivity index (χ4v) is 2.40. The molecule has 0 aliphatic rings. The predicted molar refractivity (Wildman–Crippen MR) is 84.4 cm³/mol. The van der Waals surface area contributed by atoms with Crippen LogP contribution in [-0.2, 0) is 0 Å². The molecule has 0 saturated heterocycles. The van der Waals surface area contributed by atoms with Gasteiger partial charge in [0, 0.05) is 17.7 Å². The molecule has 0 saturated carbocycles. The van der Waals surface area contributed by atoms with Crippen LogP contribution < -0.4 is 14.9 Å². The molecule has 3 rings (SSSR count). The molecule has 0 aliphatic carbocycles. The second kappa shape index (κ2) is 5.57. The van der Waals surface area contributed by atoms with Crippen molar-refractivity contribution in [1.29, 1.82) is 0 Å². The van der Waals surface area contributed by atoms with Crippen LogP contribution in [0.15, 0.2) is 45.8 Å². The number of phenols is 2. The van der Waals surface area contributed by atoms with Crippen molar-refractivity contribution >= 4 is 11.0 Å². The van der Waals surface area contributed by atoms with Crippen LogP contribution in [-0.4, -0.2) is 24.4 Å². The van der Waals surface area contributed by atoms with Crippen LogP contribution in [0.2, 0.25) is 0 Å². The van der Waals surface area contributed by atoms with Gasteiger partial charge in [-0.3, -0.25) is 4.79 Å². The smallest absolute Gasteiger partial charge is 0.200 e. The summed E-state index contributed by atoms with van der Waals surface area (Å²) < 4.78 is 15.7. The van der Waals surface area contributed by atoms with Gasteiger partial charge in [-0.2, -0.15) is 0 Å². The maximum absolute atomic E-state index is 12.7. The number of hydrogen-bond donors (Lipinski definition) is 2. The Morgan fingerprint density at radius 1 is 0.957 bits per heavy atom. The highest BCUT2D eigenvalue weighted by Crippen LogP contribution is 2.34. The number of benzene rings is 2. The summed E-state index contributed by atoms with van der Waals surface area (Å²) in [5, 5.41) is 19.6. The molecule has 1 heterocycles. The van der Waals surface area contributed by atoms with E-state index < -0.39 is 0 Å². The van der Waals surface area contributed by atoms with E-state index in [1.165, 1.54) is 44.7 Å². The molecule has 118 valence electrons. The summed E-state index contributed by atoms with van der Waals surface area (Å²) >= 11 is 0. The Bertz CT molecular complexity index is 942. The highest BCUT2D eigenvalue weighted by molar-refractivity contribution is 5.85. The third-order valence-corrected chi connectivity index (χ3v) is 3.55. The van der Waals surface area contributed by atoms with Gasteiger partial charge in [-0.25, -0.2) is 0 Å². The van der Waals surface area contributed by atoms with E-state index in [9.17, 15) is 15.0 Å². The average Bonchev–Trinajstić information content (AvgIpc) is 2.55. The van der Waals surface area contributed by atoms with Crippen molar-refractivity contribution in [3.8, 4) is 34.1 Å². The minimum atomic E-state index is -0.298. The molecule has 1 aromatic heterocycles. The molecule has 2 N–H and O–H groups in total. The van der Waals surface area contributed by atoms with Crippen molar-refractivity contribution in [2.45, 2.75) is 0 Å². The van der Waals surface area contributed by atoms with Crippen LogP contribution in [0.25, 0.3) is 22.1 Å². The maximum Gasteiger partial charge on any atom is 0.200 e. The summed E-state index contributed by atoms with van der Waals surface area (Å²) in [5.74, 6) is 0.447. The molecular formula is C17H14O6. The van der Waals surface area contributed by atoms with Gasteiger partial charge in [0.05, 0.1) is 25.2 Å². The summed E-state index contributed by atoms with van der Waals surface area (Å²) in [6.07, 6.45) is 1.30. The fourth-order valence-electron chi connectivity index (χ4n) is 2.40. The largest absolute Gasteiger partial charge is 0.508 e. The van der Waals surface area contributed by atoms with Gasteiger partial charge < -0.3 is 24.1 Å². The molecule has 23 heavy (non-hydrogen) atoms. The number of rotatable bonds is 3. The minimum Gasteiger partial charge on any atom is -0.508 e. The van der Waals surface area contributed by atoms with Crippen molar-refractivity contribution in [1.82, 2.24) is 0 Å². The predicted octanol–water partition coefficient (Wildman–Crippen LogP) is 2.89. The molecule has 2 aromatic carbocycles. The Morgan fingerprint density at radius 2 is 1.70 bits per heavy atom. The summed E-state index contributed by atoms with van der Waals surface area (Å²) in [5.41, 5.74) is 0.721. The number of ether oxygens (including phenoxy) is 2.